The Hall–Kier alpha value is -3.87. The first-order valence-electron chi connectivity index (χ1n) is 9.21. The summed E-state index contributed by atoms with van der Waals surface area (Å²) in [4.78, 5) is 16.1. The van der Waals surface area contributed by atoms with Crippen molar-refractivity contribution in [2.24, 2.45) is 0 Å². The van der Waals surface area contributed by atoms with Gasteiger partial charge < -0.3 is 15.7 Å². The van der Waals surface area contributed by atoms with E-state index in [-0.39, 0.29) is 5.91 Å². The van der Waals surface area contributed by atoms with E-state index in [0.29, 0.717) is 22.9 Å². The number of benzene rings is 2. The molecule has 0 aliphatic heterocycles. The van der Waals surface area contributed by atoms with E-state index in [0.717, 1.165) is 27.9 Å². The van der Waals surface area contributed by atoms with Gasteiger partial charge in [0.1, 0.15) is 5.75 Å². The van der Waals surface area contributed by atoms with Gasteiger partial charge in [-0.25, -0.2) is 4.52 Å². The molecule has 7 nitrogen and oxygen atoms in total. The molecule has 0 spiro atoms. The first-order valence-corrected chi connectivity index (χ1v) is 9.21. The van der Waals surface area contributed by atoms with Crippen LogP contribution in [0.4, 0.5) is 11.6 Å². The van der Waals surface area contributed by atoms with Crippen LogP contribution in [0.2, 0.25) is 0 Å². The number of carbonyl (C=O) groups excluding carboxylic acids is 1. The lowest BCUT2D eigenvalue weighted by molar-refractivity contribution is 0.0963. The van der Waals surface area contributed by atoms with E-state index < -0.39 is 0 Å². The number of anilines is 2. The van der Waals surface area contributed by atoms with Crippen LogP contribution in [-0.2, 0) is 0 Å². The maximum Gasteiger partial charge on any atom is 0.251 e. The van der Waals surface area contributed by atoms with Crippen molar-refractivity contribution < 1.29 is 9.90 Å². The number of aromatic nitrogens is 3. The van der Waals surface area contributed by atoms with Gasteiger partial charge in [0.15, 0.2) is 5.65 Å². The molecule has 3 N–H and O–H groups in total. The second kappa shape index (κ2) is 7.27. The van der Waals surface area contributed by atoms with Crippen molar-refractivity contribution in [1.29, 1.82) is 0 Å². The summed E-state index contributed by atoms with van der Waals surface area (Å²) >= 11 is 0. The third kappa shape index (κ3) is 3.62. The lowest BCUT2D eigenvalue weighted by Gasteiger charge is -2.08. The van der Waals surface area contributed by atoms with Gasteiger partial charge in [-0.1, -0.05) is 0 Å². The zero-order valence-corrected chi connectivity index (χ0v) is 16.4. The molecule has 0 saturated heterocycles. The first-order chi connectivity index (χ1) is 13.9. The predicted molar refractivity (Wildman–Crippen MR) is 113 cm³/mol. The third-order valence-electron chi connectivity index (χ3n) is 4.79. The fraction of sp³-hybridized carbons (Fsp3) is 0.136. The Kier molecular flexibility index (Phi) is 4.64. The zero-order chi connectivity index (χ0) is 20.5. The predicted octanol–water partition coefficient (Wildman–Crippen LogP) is 3.82. The lowest BCUT2D eigenvalue weighted by Crippen LogP contribution is -2.17. The standard InChI is InChI=1S/C22H21N5O2/c1-13-10-17(11-14(2)20(13)28)16-6-9-19-25-22(26-27(19)12-16)24-18-7-4-15(5-8-18)21(29)23-3/h4-12,28H,1-3H3,(H,23,29)(H,24,26). The molecule has 0 fully saturated rings. The highest BCUT2D eigenvalue weighted by Crippen LogP contribution is 2.29. The maximum atomic E-state index is 11.6. The van der Waals surface area contributed by atoms with Crippen molar-refractivity contribution in [1.82, 2.24) is 19.9 Å². The molecular weight excluding hydrogens is 366 g/mol. The summed E-state index contributed by atoms with van der Waals surface area (Å²) in [7, 11) is 1.60. The Bertz CT molecular complexity index is 1190. The highest BCUT2D eigenvalue weighted by Gasteiger charge is 2.09. The molecule has 4 aromatic rings. The van der Waals surface area contributed by atoms with E-state index >= 15 is 0 Å². The molecule has 2 aromatic heterocycles. The second-order valence-corrected chi connectivity index (χ2v) is 6.90. The number of fused-ring (bicyclic) bond motifs is 1. The van der Waals surface area contributed by atoms with Gasteiger partial charge in [0, 0.05) is 30.1 Å². The van der Waals surface area contributed by atoms with Gasteiger partial charge >= 0.3 is 0 Å². The minimum atomic E-state index is -0.130. The van der Waals surface area contributed by atoms with Gasteiger partial charge in [-0.05, 0) is 79.1 Å². The molecule has 0 aliphatic rings. The SMILES string of the molecule is CNC(=O)c1ccc(Nc2nc3ccc(-c4cc(C)c(O)c(C)c4)cn3n2)cc1. The first kappa shape index (κ1) is 18.5. The number of carbonyl (C=O) groups is 1. The van der Waals surface area contributed by atoms with Crippen molar-refractivity contribution >= 4 is 23.2 Å². The molecule has 29 heavy (non-hydrogen) atoms. The molecule has 7 heteroatoms. The Morgan fingerprint density at radius 3 is 2.34 bits per heavy atom. The smallest absolute Gasteiger partial charge is 0.251 e. The number of aromatic hydroxyl groups is 1. The molecule has 0 saturated carbocycles. The number of rotatable bonds is 4. The molecule has 0 atom stereocenters. The number of hydrogen-bond donors (Lipinski definition) is 3. The fourth-order valence-corrected chi connectivity index (χ4v) is 3.21. The topological polar surface area (TPSA) is 91.5 Å². The van der Waals surface area contributed by atoms with Gasteiger partial charge in [0.25, 0.3) is 5.91 Å². The highest BCUT2D eigenvalue weighted by molar-refractivity contribution is 5.94. The summed E-state index contributed by atoms with van der Waals surface area (Å²) in [6, 6.07) is 14.9. The van der Waals surface area contributed by atoms with Crippen molar-refractivity contribution in [3.63, 3.8) is 0 Å². The summed E-state index contributed by atoms with van der Waals surface area (Å²) in [5, 5.41) is 20.2. The van der Waals surface area contributed by atoms with Crippen LogP contribution in [0.15, 0.2) is 54.7 Å². The molecule has 0 aliphatic carbocycles. The summed E-state index contributed by atoms with van der Waals surface area (Å²) in [6.45, 7) is 3.77. The Morgan fingerprint density at radius 2 is 1.69 bits per heavy atom. The molecule has 2 heterocycles. The number of nitrogens with one attached hydrogen (secondary N) is 2. The normalized spacial score (nSPS) is 10.9. The van der Waals surface area contributed by atoms with Gasteiger partial charge in [0.05, 0.1) is 0 Å². The van der Waals surface area contributed by atoms with Crippen molar-refractivity contribution in [3.05, 3.63) is 71.4 Å². The van der Waals surface area contributed by atoms with E-state index in [4.69, 9.17) is 0 Å². The van der Waals surface area contributed by atoms with E-state index in [1.165, 1.54) is 0 Å². The van der Waals surface area contributed by atoms with Crippen molar-refractivity contribution in [2.75, 3.05) is 12.4 Å². The Labute approximate surface area is 168 Å². The molecule has 1 amide bonds. The average Bonchev–Trinajstić information content (AvgIpc) is 3.13. The van der Waals surface area contributed by atoms with Crippen LogP contribution < -0.4 is 10.6 Å². The Morgan fingerprint density at radius 1 is 1.00 bits per heavy atom. The van der Waals surface area contributed by atoms with Crippen molar-refractivity contribution in [3.8, 4) is 16.9 Å². The number of hydrogen-bond acceptors (Lipinski definition) is 5. The van der Waals surface area contributed by atoms with Crippen LogP contribution in [0.5, 0.6) is 5.75 Å². The third-order valence-corrected chi connectivity index (χ3v) is 4.79. The van der Waals surface area contributed by atoms with Crippen LogP contribution in [0.1, 0.15) is 21.5 Å². The van der Waals surface area contributed by atoms with Crippen LogP contribution in [0.25, 0.3) is 16.8 Å². The van der Waals surface area contributed by atoms with Crippen LogP contribution in [-0.4, -0.2) is 32.7 Å². The van der Waals surface area contributed by atoms with Crippen LogP contribution in [0, 0.1) is 13.8 Å². The summed E-state index contributed by atoms with van der Waals surface area (Å²) in [5.74, 6) is 0.659. The number of phenolic OH excluding ortho intramolecular Hbond substituents is 1. The van der Waals surface area contributed by atoms with E-state index in [9.17, 15) is 9.90 Å². The number of nitrogens with zero attached hydrogens (tertiary/aromatic N) is 3. The quantitative estimate of drug-likeness (QED) is 0.495. The molecule has 0 unspecified atom stereocenters. The Balaban J connectivity index is 1.61. The fourth-order valence-electron chi connectivity index (χ4n) is 3.21. The van der Waals surface area contributed by atoms with Crippen molar-refractivity contribution in [2.45, 2.75) is 13.8 Å². The monoisotopic (exact) mass is 387 g/mol. The van der Waals surface area contributed by atoms with E-state index in [1.54, 1.807) is 23.7 Å². The van der Waals surface area contributed by atoms with Gasteiger partial charge in [-0.15, -0.1) is 5.10 Å². The summed E-state index contributed by atoms with van der Waals surface area (Å²) in [6.07, 6.45) is 1.91. The van der Waals surface area contributed by atoms with Gasteiger partial charge in [0.2, 0.25) is 5.95 Å². The maximum absolute atomic E-state index is 11.6. The number of aryl methyl sites for hydroxylation is 2. The van der Waals surface area contributed by atoms with Crippen LogP contribution in [0.3, 0.4) is 0 Å². The summed E-state index contributed by atoms with van der Waals surface area (Å²) in [5.41, 5.74) is 5.75. The second-order valence-electron chi connectivity index (χ2n) is 6.90. The zero-order valence-electron chi connectivity index (χ0n) is 16.4. The molecule has 146 valence electrons. The largest absolute Gasteiger partial charge is 0.507 e. The minimum absolute atomic E-state index is 0.130. The lowest BCUT2D eigenvalue weighted by atomic mass is 10.0. The minimum Gasteiger partial charge on any atom is -0.507 e. The summed E-state index contributed by atoms with van der Waals surface area (Å²) < 4.78 is 1.72. The van der Waals surface area contributed by atoms with Gasteiger partial charge in [-0.3, -0.25) is 4.79 Å². The number of amides is 1. The van der Waals surface area contributed by atoms with Crippen LogP contribution >= 0.6 is 0 Å². The van der Waals surface area contributed by atoms with E-state index in [2.05, 4.69) is 20.7 Å². The molecule has 0 radical (unpaired) electrons. The van der Waals surface area contributed by atoms with Gasteiger partial charge in [-0.2, -0.15) is 4.98 Å². The molecule has 0 bridgehead atoms. The molecule has 2 aromatic carbocycles. The number of pyridine rings is 1. The molecular formula is C22H21N5O2. The van der Waals surface area contributed by atoms with E-state index in [1.807, 2.05) is 56.4 Å². The molecule has 4 rings (SSSR count). The highest BCUT2D eigenvalue weighted by atomic mass is 16.3. The number of phenols is 1. The average molecular weight is 387 g/mol.